The topological polar surface area (TPSA) is 167 Å². The number of benzene rings is 2. The maximum atomic E-state index is 12.5. The molecule has 0 fully saturated rings. The summed E-state index contributed by atoms with van der Waals surface area (Å²) in [4.78, 5) is 24.9. The van der Waals surface area contributed by atoms with Crippen molar-refractivity contribution < 1.29 is 23.7 Å². The number of nitrogens with one attached hydrogen (secondary N) is 2. The van der Waals surface area contributed by atoms with Crippen LogP contribution in [0.3, 0.4) is 0 Å². The average Bonchev–Trinajstić information content (AvgIpc) is 2.83. The zero-order valence-electron chi connectivity index (χ0n) is 18.3. The Morgan fingerprint density at radius 2 is 1.58 bits per heavy atom. The van der Waals surface area contributed by atoms with E-state index in [0.717, 1.165) is 0 Å². The number of carbonyl (C=O) groups is 1. The molecule has 2 aromatic carbocycles. The molecule has 0 saturated heterocycles. The van der Waals surface area contributed by atoms with E-state index in [1.54, 1.807) is 24.3 Å². The van der Waals surface area contributed by atoms with Gasteiger partial charge in [0.1, 0.15) is 5.69 Å². The fourth-order valence-corrected chi connectivity index (χ4v) is 2.92. The van der Waals surface area contributed by atoms with E-state index in [1.165, 1.54) is 34.5 Å². The summed E-state index contributed by atoms with van der Waals surface area (Å²) in [5, 5.41) is 14.8. The minimum atomic E-state index is -0.658. The highest BCUT2D eigenvalue weighted by Crippen LogP contribution is 2.46. The molecular weight excluding hydrogens is 430 g/mol. The second-order valence-corrected chi connectivity index (χ2v) is 6.34. The predicted molar refractivity (Wildman–Crippen MR) is 119 cm³/mol. The Morgan fingerprint density at radius 3 is 2.12 bits per heavy atom. The fraction of sp³-hybridized carbons (Fsp3) is 0.190. The van der Waals surface area contributed by atoms with E-state index in [-0.39, 0.29) is 46.3 Å². The Kier molecular flexibility index (Phi) is 6.94. The number of ether oxygens (including phenoxy) is 4. The average molecular weight is 451 g/mol. The molecule has 0 radical (unpaired) electrons. The second-order valence-electron chi connectivity index (χ2n) is 6.34. The molecule has 12 heteroatoms. The van der Waals surface area contributed by atoms with E-state index in [9.17, 15) is 4.79 Å². The van der Waals surface area contributed by atoms with Gasteiger partial charge >= 0.3 is 5.97 Å². The van der Waals surface area contributed by atoms with Crippen LogP contribution in [-0.4, -0.2) is 49.4 Å². The standard InChI is InChI=1S/C21H21N7O5/c1-30-14-9-13(18(29)33-4)15(17(32-3)16(14)31-2)25-21-27-19(23)26-20(28-21)24-12-7-5-11(10-22)6-8-12/h5-9H,1-4H3,(H4,23,24,25,26,27,28). The summed E-state index contributed by atoms with van der Waals surface area (Å²) in [6.45, 7) is 0. The number of nitrogens with zero attached hydrogens (tertiary/aromatic N) is 4. The van der Waals surface area contributed by atoms with Crippen LogP contribution in [0.1, 0.15) is 15.9 Å². The molecule has 0 aliphatic heterocycles. The molecule has 4 N–H and O–H groups in total. The van der Waals surface area contributed by atoms with Crippen molar-refractivity contribution in [2.45, 2.75) is 0 Å². The maximum Gasteiger partial charge on any atom is 0.340 e. The third kappa shape index (κ3) is 4.93. The van der Waals surface area contributed by atoms with Crippen LogP contribution >= 0.6 is 0 Å². The first-order valence-electron chi connectivity index (χ1n) is 9.41. The number of hydrogen-bond donors (Lipinski definition) is 3. The van der Waals surface area contributed by atoms with Crippen LogP contribution in [0, 0.1) is 11.3 Å². The van der Waals surface area contributed by atoms with Crippen molar-refractivity contribution >= 4 is 35.2 Å². The van der Waals surface area contributed by atoms with Crippen molar-refractivity contribution in [3.8, 4) is 23.3 Å². The quantitative estimate of drug-likeness (QED) is 0.429. The highest BCUT2D eigenvalue weighted by molar-refractivity contribution is 6.00. The molecule has 0 aliphatic carbocycles. The van der Waals surface area contributed by atoms with Crippen LogP contribution < -0.4 is 30.6 Å². The van der Waals surface area contributed by atoms with E-state index in [2.05, 4.69) is 25.6 Å². The number of hydrogen-bond acceptors (Lipinski definition) is 12. The first-order chi connectivity index (χ1) is 15.9. The number of nitriles is 1. The van der Waals surface area contributed by atoms with E-state index < -0.39 is 5.97 Å². The van der Waals surface area contributed by atoms with Crippen LogP contribution in [0.2, 0.25) is 0 Å². The van der Waals surface area contributed by atoms with Crippen LogP contribution in [0.4, 0.5) is 29.2 Å². The Balaban J connectivity index is 2.04. The monoisotopic (exact) mass is 451 g/mol. The lowest BCUT2D eigenvalue weighted by Gasteiger charge is -2.19. The highest BCUT2D eigenvalue weighted by atomic mass is 16.5. The maximum absolute atomic E-state index is 12.5. The molecule has 0 saturated carbocycles. The van der Waals surface area contributed by atoms with Crippen molar-refractivity contribution in [2.75, 3.05) is 44.8 Å². The van der Waals surface area contributed by atoms with Gasteiger partial charge in [0.25, 0.3) is 0 Å². The summed E-state index contributed by atoms with van der Waals surface area (Å²) < 4.78 is 21.1. The SMILES string of the molecule is COC(=O)c1cc(OC)c(OC)c(OC)c1Nc1nc(N)nc(Nc2ccc(C#N)cc2)n1. The lowest BCUT2D eigenvalue weighted by Crippen LogP contribution is -2.12. The third-order valence-corrected chi connectivity index (χ3v) is 4.39. The van der Waals surface area contributed by atoms with Crippen LogP contribution in [0.25, 0.3) is 0 Å². The molecule has 170 valence electrons. The fourth-order valence-electron chi connectivity index (χ4n) is 2.92. The predicted octanol–water partition coefficient (Wildman–Crippen LogP) is 2.63. The molecule has 12 nitrogen and oxygen atoms in total. The molecule has 3 aromatic rings. The molecule has 0 bridgehead atoms. The van der Waals surface area contributed by atoms with E-state index in [0.29, 0.717) is 11.3 Å². The van der Waals surface area contributed by atoms with Crippen molar-refractivity contribution in [1.82, 2.24) is 15.0 Å². The molecule has 3 rings (SSSR count). The molecule has 1 aromatic heterocycles. The number of nitrogens with two attached hydrogens (primary N) is 1. The van der Waals surface area contributed by atoms with Crippen LogP contribution in [0.15, 0.2) is 30.3 Å². The van der Waals surface area contributed by atoms with Crippen molar-refractivity contribution in [3.63, 3.8) is 0 Å². The van der Waals surface area contributed by atoms with E-state index in [1.807, 2.05) is 6.07 Å². The summed E-state index contributed by atoms with van der Waals surface area (Å²) in [6.07, 6.45) is 0. The van der Waals surface area contributed by atoms with Gasteiger partial charge in [0.2, 0.25) is 23.6 Å². The van der Waals surface area contributed by atoms with Crippen LogP contribution in [0.5, 0.6) is 17.2 Å². The van der Waals surface area contributed by atoms with Gasteiger partial charge in [-0.05, 0) is 24.3 Å². The number of rotatable bonds is 8. The second kappa shape index (κ2) is 10.0. The summed E-state index contributed by atoms with van der Waals surface area (Å²) in [6, 6.07) is 10.2. The normalized spacial score (nSPS) is 10.0. The Bertz CT molecular complexity index is 1210. The molecule has 0 atom stereocenters. The zero-order chi connectivity index (χ0) is 24.0. The Labute approximate surface area is 189 Å². The number of esters is 1. The summed E-state index contributed by atoms with van der Waals surface area (Å²) >= 11 is 0. The van der Waals surface area contributed by atoms with Crippen molar-refractivity contribution in [2.24, 2.45) is 0 Å². The van der Waals surface area contributed by atoms with Crippen molar-refractivity contribution in [1.29, 1.82) is 5.26 Å². The summed E-state index contributed by atoms with van der Waals surface area (Å²) in [7, 11) is 5.51. The van der Waals surface area contributed by atoms with Gasteiger partial charge in [0, 0.05) is 11.8 Å². The Morgan fingerprint density at radius 1 is 0.939 bits per heavy atom. The van der Waals surface area contributed by atoms with Gasteiger partial charge in [-0.2, -0.15) is 20.2 Å². The molecule has 0 aliphatic rings. The third-order valence-electron chi connectivity index (χ3n) is 4.39. The number of methoxy groups -OCH3 is 4. The van der Waals surface area contributed by atoms with Gasteiger partial charge in [-0.3, -0.25) is 0 Å². The zero-order valence-corrected chi connectivity index (χ0v) is 18.3. The summed E-state index contributed by atoms with van der Waals surface area (Å²) in [5.74, 6) is 0.0880. The highest BCUT2D eigenvalue weighted by Gasteiger charge is 2.26. The largest absolute Gasteiger partial charge is 0.493 e. The number of anilines is 5. The number of aromatic nitrogens is 3. The molecule has 0 amide bonds. The molecule has 0 spiro atoms. The molecule has 33 heavy (non-hydrogen) atoms. The lowest BCUT2D eigenvalue weighted by molar-refractivity contribution is 0.0601. The van der Waals surface area contributed by atoms with Gasteiger partial charge in [-0.15, -0.1) is 0 Å². The van der Waals surface area contributed by atoms with Gasteiger partial charge in [0.05, 0.1) is 45.6 Å². The molecule has 0 unspecified atom stereocenters. The summed E-state index contributed by atoms with van der Waals surface area (Å²) in [5.41, 5.74) is 7.26. The first-order valence-corrected chi connectivity index (χ1v) is 9.41. The van der Waals surface area contributed by atoms with E-state index in [4.69, 9.17) is 29.9 Å². The Hall–Kier alpha value is -4.79. The molecule has 1 heterocycles. The minimum absolute atomic E-state index is 0.0225. The van der Waals surface area contributed by atoms with Gasteiger partial charge in [-0.1, -0.05) is 0 Å². The van der Waals surface area contributed by atoms with Crippen molar-refractivity contribution in [3.05, 3.63) is 41.5 Å². The first kappa shape index (κ1) is 22.9. The van der Waals surface area contributed by atoms with Gasteiger partial charge in [0.15, 0.2) is 11.5 Å². The molecular formula is C21H21N7O5. The van der Waals surface area contributed by atoms with Gasteiger partial charge < -0.3 is 35.3 Å². The van der Waals surface area contributed by atoms with Gasteiger partial charge in [-0.25, -0.2) is 4.79 Å². The van der Waals surface area contributed by atoms with Crippen LogP contribution in [-0.2, 0) is 4.74 Å². The van der Waals surface area contributed by atoms with E-state index >= 15 is 0 Å². The number of nitrogen functional groups attached to an aromatic ring is 1. The lowest BCUT2D eigenvalue weighted by atomic mass is 10.1. The number of carbonyl (C=O) groups excluding carboxylic acids is 1. The smallest absolute Gasteiger partial charge is 0.340 e. The minimum Gasteiger partial charge on any atom is -0.493 e.